The number of anilines is 4. The summed E-state index contributed by atoms with van der Waals surface area (Å²) >= 11 is 0. The van der Waals surface area contributed by atoms with E-state index in [-0.39, 0.29) is 33.6 Å². The van der Waals surface area contributed by atoms with E-state index in [4.69, 9.17) is 4.42 Å². The van der Waals surface area contributed by atoms with Crippen molar-refractivity contribution in [2.45, 2.75) is 159 Å². The predicted octanol–water partition coefficient (Wildman–Crippen LogP) is 15.4. The number of fused-ring (bicyclic) bond motifs is 5. The van der Waals surface area contributed by atoms with Gasteiger partial charge >= 0.3 is 0 Å². The molecule has 1 aromatic heterocycles. The molecular formula is C61H79BN2O. The normalized spacial score (nSPS) is 21.7. The first-order chi connectivity index (χ1) is 30.5. The Kier molecular flexibility index (Phi) is 12.4. The Morgan fingerprint density at radius 1 is 0.923 bits per heavy atom. The molecule has 0 bridgehead atoms. The average molecular weight is 867 g/mol. The standard InChI is InChI=1S/C61H79BN2O/c1-17-48(59(11,12)18-2)45(38(3)4)29-32-63(51-33-40(6)21-28-46(51)42-22-19-39(5)20-23-42)52-34-41(7)35-53-55(52)62-57-56(64(53)44-26-24-43(25-27-44)58(8,9)10)47-36-49-50(37-54(47)65-57)61(15,16)31-30-60(49,13)14/h17,19,21-29,33-39,46,51,62H,18,20,30-32H2,1-16H3/b45-29-,48-17+/t39-,46?,51?/m1/s1. The molecule has 3 aromatic carbocycles. The molecule has 0 N–H and O–H groups in total. The number of aryl methyl sites for hydroxylation is 1. The van der Waals surface area contributed by atoms with Gasteiger partial charge in [0.25, 0.3) is 0 Å². The molecule has 0 saturated heterocycles. The first kappa shape index (κ1) is 46.8. The monoisotopic (exact) mass is 867 g/mol. The summed E-state index contributed by atoms with van der Waals surface area (Å²) in [4.78, 5) is 5.34. The molecule has 4 heteroatoms. The molecule has 0 amide bonds. The maximum absolute atomic E-state index is 7.26. The Labute approximate surface area is 394 Å². The third-order valence-electron chi connectivity index (χ3n) is 16.0. The largest absolute Gasteiger partial charge is 0.469 e. The Morgan fingerprint density at radius 2 is 1.60 bits per heavy atom. The summed E-state index contributed by atoms with van der Waals surface area (Å²) < 4.78 is 7.26. The van der Waals surface area contributed by atoms with Gasteiger partial charge in [-0.05, 0) is 161 Å². The molecule has 2 unspecified atom stereocenters. The van der Waals surface area contributed by atoms with Crippen LogP contribution in [0.15, 0.2) is 124 Å². The Balaban J connectivity index is 1.39. The first-order valence-electron chi connectivity index (χ1n) is 25.1. The van der Waals surface area contributed by atoms with Crippen LogP contribution in [0.1, 0.15) is 152 Å². The number of benzene rings is 3. The molecule has 4 aliphatic rings. The summed E-state index contributed by atoms with van der Waals surface area (Å²) in [5.74, 6) is 1.16. The molecule has 2 heterocycles. The van der Waals surface area contributed by atoms with E-state index in [2.05, 4.69) is 218 Å². The van der Waals surface area contributed by atoms with Crippen LogP contribution in [-0.4, -0.2) is 19.9 Å². The molecule has 3 nitrogen and oxygen atoms in total. The van der Waals surface area contributed by atoms with Crippen molar-refractivity contribution in [1.82, 2.24) is 0 Å². The third kappa shape index (κ3) is 8.74. The predicted molar refractivity (Wildman–Crippen MR) is 285 cm³/mol. The van der Waals surface area contributed by atoms with Crippen molar-refractivity contribution >= 4 is 52.1 Å². The first-order valence-corrected chi connectivity index (χ1v) is 25.1. The maximum atomic E-state index is 7.26. The molecule has 3 atom stereocenters. The van der Waals surface area contributed by atoms with Crippen LogP contribution in [0.4, 0.5) is 22.7 Å². The van der Waals surface area contributed by atoms with Gasteiger partial charge in [-0.3, -0.25) is 0 Å². The third-order valence-corrected chi connectivity index (χ3v) is 16.0. The number of furan rings is 1. The fourth-order valence-corrected chi connectivity index (χ4v) is 11.4. The van der Waals surface area contributed by atoms with Gasteiger partial charge in [0.1, 0.15) is 5.58 Å². The summed E-state index contributed by atoms with van der Waals surface area (Å²) in [6.07, 6.45) is 24.2. The van der Waals surface area contributed by atoms with E-state index in [1.54, 1.807) is 0 Å². The fourth-order valence-electron chi connectivity index (χ4n) is 11.4. The van der Waals surface area contributed by atoms with Crippen molar-refractivity contribution in [2.75, 3.05) is 16.3 Å². The topological polar surface area (TPSA) is 19.6 Å². The second-order valence-electron chi connectivity index (χ2n) is 23.6. The molecule has 3 aliphatic carbocycles. The zero-order valence-corrected chi connectivity index (χ0v) is 43.1. The summed E-state index contributed by atoms with van der Waals surface area (Å²) in [5, 5.41) is 1.22. The molecule has 65 heavy (non-hydrogen) atoms. The van der Waals surface area contributed by atoms with Crippen molar-refractivity contribution in [3.8, 4) is 0 Å². The highest BCUT2D eigenvalue weighted by molar-refractivity contribution is 6.72. The Bertz CT molecular complexity index is 2660. The number of rotatable bonds is 10. The molecule has 0 fully saturated rings. The lowest BCUT2D eigenvalue weighted by atomic mass is 9.62. The van der Waals surface area contributed by atoms with Crippen LogP contribution in [0.25, 0.3) is 11.0 Å². The fraction of sp³-hybridized carbons (Fsp3) is 0.475. The number of hydrogen-bond acceptors (Lipinski definition) is 3. The lowest BCUT2D eigenvalue weighted by Gasteiger charge is -2.42. The zero-order chi connectivity index (χ0) is 47.0. The Hall–Kier alpha value is -4.70. The van der Waals surface area contributed by atoms with Crippen LogP contribution in [0.5, 0.6) is 0 Å². The van der Waals surface area contributed by atoms with Gasteiger partial charge in [-0.2, -0.15) is 0 Å². The number of allylic oxidation sites excluding steroid dienone is 8. The second-order valence-corrected chi connectivity index (χ2v) is 23.6. The SMILES string of the molecule is C/C=C(\C(=C/CN(c1cc(C)cc2c1Bc1oc3cc4c(cc3c1N2c1ccc(C(C)(C)C)cc1)C(C)(C)CCC4(C)C)C1C=C(C)C=CC1C1=CC[C@H](C)C=C1)C(C)C)C(C)(C)CC. The Morgan fingerprint density at radius 3 is 2.20 bits per heavy atom. The van der Waals surface area contributed by atoms with E-state index in [0.717, 1.165) is 37.9 Å². The molecule has 0 radical (unpaired) electrons. The molecule has 0 spiro atoms. The summed E-state index contributed by atoms with van der Waals surface area (Å²) in [6.45, 7) is 38.5. The second kappa shape index (κ2) is 17.2. The van der Waals surface area contributed by atoms with Crippen molar-refractivity contribution in [3.05, 3.63) is 142 Å². The van der Waals surface area contributed by atoms with Gasteiger partial charge in [-0.25, -0.2) is 0 Å². The van der Waals surface area contributed by atoms with Gasteiger partial charge in [0, 0.05) is 34.9 Å². The van der Waals surface area contributed by atoms with Crippen LogP contribution in [0.3, 0.4) is 0 Å². The lowest BCUT2D eigenvalue weighted by molar-refractivity contribution is 0.332. The van der Waals surface area contributed by atoms with E-state index < -0.39 is 0 Å². The summed E-state index contributed by atoms with van der Waals surface area (Å²) in [6, 6.07) is 19.4. The summed E-state index contributed by atoms with van der Waals surface area (Å²) in [7, 11) is 0.721. The lowest BCUT2D eigenvalue weighted by Crippen LogP contribution is -2.47. The van der Waals surface area contributed by atoms with E-state index >= 15 is 0 Å². The van der Waals surface area contributed by atoms with Crippen LogP contribution >= 0.6 is 0 Å². The molecule has 1 aliphatic heterocycles. The van der Waals surface area contributed by atoms with Gasteiger partial charge in [0.2, 0.25) is 7.28 Å². The van der Waals surface area contributed by atoms with Crippen LogP contribution in [-0.2, 0) is 16.2 Å². The van der Waals surface area contributed by atoms with Crippen molar-refractivity contribution in [3.63, 3.8) is 0 Å². The molecule has 342 valence electrons. The zero-order valence-electron chi connectivity index (χ0n) is 43.1. The highest BCUT2D eigenvalue weighted by Gasteiger charge is 2.41. The smallest absolute Gasteiger partial charge is 0.246 e. The molecule has 4 aromatic rings. The summed E-state index contributed by atoms with van der Waals surface area (Å²) in [5.41, 5.74) is 19.7. The van der Waals surface area contributed by atoms with Gasteiger partial charge in [0.15, 0.2) is 0 Å². The van der Waals surface area contributed by atoms with Gasteiger partial charge in [-0.1, -0.05) is 156 Å². The van der Waals surface area contributed by atoms with Gasteiger partial charge in [0.05, 0.1) is 17.4 Å². The minimum atomic E-state index is 0.0483. The molecule has 8 rings (SSSR count). The van der Waals surface area contributed by atoms with Crippen molar-refractivity contribution < 1.29 is 4.42 Å². The van der Waals surface area contributed by atoms with Crippen molar-refractivity contribution in [2.24, 2.45) is 23.2 Å². The molecular weight excluding hydrogens is 787 g/mol. The maximum Gasteiger partial charge on any atom is 0.246 e. The van der Waals surface area contributed by atoms with Crippen LogP contribution in [0.2, 0.25) is 0 Å². The van der Waals surface area contributed by atoms with E-state index in [9.17, 15) is 0 Å². The van der Waals surface area contributed by atoms with E-state index in [0.29, 0.717) is 11.8 Å². The van der Waals surface area contributed by atoms with Gasteiger partial charge in [-0.15, -0.1) is 0 Å². The highest BCUT2D eigenvalue weighted by Crippen LogP contribution is 2.50. The van der Waals surface area contributed by atoms with Crippen LogP contribution < -0.4 is 20.9 Å². The number of hydrogen-bond donors (Lipinski definition) is 0. The van der Waals surface area contributed by atoms with Gasteiger partial charge < -0.3 is 14.2 Å². The quantitative estimate of drug-likeness (QED) is 0.103. The minimum absolute atomic E-state index is 0.0483. The van der Waals surface area contributed by atoms with Crippen molar-refractivity contribution in [1.29, 1.82) is 0 Å². The van der Waals surface area contributed by atoms with Crippen LogP contribution in [0, 0.1) is 30.1 Å². The highest BCUT2D eigenvalue weighted by atomic mass is 16.3. The minimum Gasteiger partial charge on any atom is -0.469 e. The van der Waals surface area contributed by atoms with E-state index in [1.165, 1.54) is 91.0 Å². The molecule has 0 saturated carbocycles. The van der Waals surface area contributed by atoms with E-state index in [1.807, 2.05) is 0 Å². The number of nitrogens with zero attached hydrogens (tertiary/aromatic N) is 2. The average Bonchev–Trinajstić information content (AvgIpc) is 3.61.